The number of anilines is 1. The van der Waals surface area contributed by atoms with E-state index in [0.29, 0.717) is 22.9 Å². The van der Waals surface area contributed by atoms with E-state index in [1.165, 1.54) is 17.3 Å². The summed E-state index contributed by atoms with van der Waals surface area (Å²) in [5, 5.41) is 41.5. The summed E-state index contributed by atoms with van der Waals surface area (Å²) in [7, 11) is 0. The Bertz CT molecular complexity index is 1280. The van der Waals surface area contributed by atoms with Crippen LogP contribution in [-0.2, 0) is 12.1 Å². The fourth-order valence-corrected chi connectivity index (χ4v) is 4.39. The van der Waals surface area contributed by atoms with Crippen molar-refractivity contribution in [2.45, 2.75) is 35.0 Å². The number of H-pyrrole nitrogens is 1. The van der Waals surface area contributed by atoms with Gasteiger partial charge in [0.05, 0.1) is 42.9 Å². The molecule has 1 aliphatic heterocycles. The van der Waals surface area contributed by atoms with Gasteiger partial charge in [-0.15, -0.1) is 0 Å². The molecule has 4 N–H and O–H groups in total. The van der Waals surface area contributed by atoms with Crippen LogP contribution in [0.3, 0.4) is 0 Å². The lowest BCUT2D eigenvalue weighted by Crippen LogP contribution is -2.63. The highest BCUT2D eigenvalue weighted by Gasteiger charge is 2.47. The highest BCUT2D eigenvalue weighted by atomic mass is 127. The van der Waals surface area contributed by atoms with Crippen LogP contribution in [0.5, 0.6) is 0 Å². The minimum atomic E-state index is -4.69. The molecule has 2 atom stereocenters. The van der Waals surface area contributed by atoms with Gasteiger partial charge in [0, 0.05) is 42.0 Å². The molecular formula is C21H19F5IN7O2. The lowest BCUT2D eigenvalue weighted by atomic mass is 9.86. The van der Waals surface area contributed by atoms with E-state index < -0.39 is 39.2 Å². The smallest absolute Gasteiger partial charge is 0.390 e. The molecule has 1 aromatic carbocycles. The van der Waals surface area contributed by atoms with Crippen LogP contribution >= 0.6 is 22.6 Å². The highest BCUT2D eigenvalue weighted by molar-refractivity contribution is 14.1. The number of nitrogens with one attached hydrogen (secondary N) is 2. The summed E-state index contributed by atoms with van der Waals surface area (Å²) in [5.41, 5.74) is 0.0739. The third-order valence-corrected chi connectivity index (χ3v) is 6.99. The molecule has 4 rings (SSSR count). The van der Waals surface area contributed by atoms with Crippen molar-refractivity contribution in [3.8, 4) is 17.2 Å². The monoisotopic (exact) mass is 623 g/mol. The van der Waals surface area contributed by atoms with Crippen LogP contribution in [0.2, 0.25) is 0 Å². The van der Waals surface area contributed by atoms with Gasteiger partial charge in [-0.2, -0.15) is 28.6 Å². The number of benzene rings is 1. The Hall–Kier alpha value is -2.81. The SMILES string of the molecule is N#CCC1(n2cc(-c3cn[nH]c3CO)cn2)CN(c2cc(F)c(C(O)N[C@@H](I)C(F)(F)F)cc2F)C1. The van der Waals surface area contributed by atoms with Crippen molar-refractivity contribution < 1.29 is 32.2 Å². The number of nitriles is 1. The molecule has 0 bridgehead atoms. The summed E-state index contributed by atoms with van der Waals surface area (Å²) >= 11 is 0.996. The van der Waals surface area contributed by atoms with Crippen LogP contribution < -0.4 is 10.2 Å². The van der Waals surface area contributed by atoms with Crippen LogP contribution in [0.15, 0.2) is 30.7 Å². The standard InChI is InChI=1S/C21H19F5IN7O2/c22-14-4-17(15(23)3-12(14)18(36)31-19(27)21(24,25)26)33-9-20(10-33,1-2-28)34-7-11(5-30-34)13-6-29-32-16(13)8-35/h3-7,18-19,31,35-36H,1,8-10H2,(H,29,32)/t18?,19-/m1/s1. The molecule has 1 aliphatic rings. The summed E-state index contributed by atoms with van der Waals surface area (Å²) in [6.07, 6.45) is -2.03. The van der Waals surface area contributed by atoms with Crippen LogP contribution in [0.25, 0.3) is 11.1 Å². The molecule has 0 spiro atoms. The molecule has 9 nitrogen and oxygen atoms in total. The van der Waals surface area contributed by atoms with Crippen molar-refractivity contribution in [2.24, 2.45) is 0 Å². The number of nitrogens with zero attached hydrogens (tertiary/aromatic N) is 5. The van der Waals surface area contributed by atoms with E-state index in [9.17, 15) is 37.4 Å². The number of aromatic nitrogens is 4. The zero-order valence-corrected chi connectivity index (χ0v) is 20.4. The predicted octanol–water partition coefficient (Wildman–Crippen LogP) is 3.08. The summed E-state index contributed by atoms with van der Waals surface area (Å²) in [6, 6.07) is 3.53. The minimum absolute atomic E-state index is 0.0160. The van der Waals surface area contributed by atoms with Gasteiger partial charge in [-0.1, -0.05) is 22.6 Å². The van der Waals surface area contributed by atoms with Crippen LogP contribution in [0.4, 0.5) is 27.6 Å². The number of aliphatic hydroxyl groups excluding tert-OH is 2. The fourth-order valence-electron chi connectivity index (χ4n) is 4.05. The maximum absolute atomic E-state index is 14.9. The average Bonchev–Trinajstić information content (AvgIpc) is 3.46. The van der Waals surface area contributed by atoms with Gasteiger partial charge in [-0.25, -0.2) is 8.78 Å². The Balaban J connectivity index is 1.54. The van der Waals surface area contributed by atoms with E-state index in [4.69, 9.17) is 0 Å². The second kappa shape index (κ2) is 9.92. The van der Waals surface area contributed by atoms with E-state index in [1.807, 2.05) is 0 Å². The first-order valence-corrected chi connectivity index (χ1v) is 11.7. The Kier molecular flexibility index (Phi) is 7.23. The van der Waals surface area contributed by atoms with E-state index in [1.54, 1.807) is 16.2 Å². The van der Waals surface area contributed by atoms with Crippen LogP contribution in [0, 0.1) is 23.0 Å². The number of hydrogen-bond donors (Lipinski definition) is 4. The van der Waals surface area contributed by atoms with Crippen molar-refractivity contribution >= 4 is 28.3 Å². The van der Waals surface area contributed by atoms with Gasteiger partial charge < -0.3 is 15.1 Å². The highest BCUT2D eigenvalue weighted by Crippen LogP contribution is 2.39. The molecule has 0 amide bonds. The zero-order chi connectivity index (χ0) is 26.3. The molecule has 1 unspecified atom stereocenters. The Labute approximate surface area is 214 Å². The normalized spacial score (nSPS) is 16.9. The maximum atomic E-state index is 14.9. The van der Waals surface area contributed by atoms with Crippen molar-refractivity contribution in [3.63, 3.8) is 0 Å². The fraction of sp³-hybridized carbons (Fsp3) is 0.381. The molecule has 36 heavy (non-hydrogen) atoms. The number of aromatic amines is 1. The Morgan fingerprint density at radius 1 is 1.25 bits per heavy atom. The molecule has 0 saturated carbocycles. The maximum Gasteiger partial charge on any atom is 0.413 e. The van der Waals surface area contributed by atoms with Crippen molar-refractivity contribution in [3.05, 3.63) is 53.6 Å². The van der Waals surface area contributed by atoms with Gasteiger partial charge in [0.25, 0.3) is 0 Å². The quantitative estimate of drug-likeness (QED) is 0.100. The molecule has 2 aromatic heterocycles. The van der Waals surface area contributed by atoms with Gasteiger partial charge in [-0.3, -0.25) is 15.1 Å². The van der Waals surface area contributed by atoms with Gasteiger partial charge in [0.1, 0.15) is 23.4 Å². The number of hydrogen-bond acceptors (Lipinski definition) is 7. The van der Waals surface area contributed by atoms with Crippen molar-refractivity contribution in [2.75, 3.05) is 18.0 Å². The van der Waals surface area contributed by atoms with Crippen molar-refractivity contribution in [1.29, 1.82) is 5.26 Å². The van der Waals surface area contributed by atoms with E-state index in [-0.39, 0.29) is 31.8 Å². The first kappa shape index (κ1) is 26.3. The summed E-state index contributed by atoms with van der Waals surface area (Å²) < 4.78 is 67.1. The molecular weight excluding hydrogens is 604 g/mol. The second-order valence-electron chi connectivity index (χ2n) is 8.31. The number of rotatable bonds is 8. The molecule has 0 aliphatic carbocycles. The molecule has 1 fully saturated rings. The van der Waals surface area contributed by atoms with Gasteiger partial charge in [0.2, 0.25) is 0 Å². The average molecular weight is 623 g/mol. The zero-order valence-electron chi connectivity index (χ0n) is 18.3. The lowest BCUT2D eigenvalue weighted by Gasteiger charge is -2.50. The minimum Gasteiger partial charge on any atom is -0.390 e. The Morgan fingerprint density at radius 2 is 1.97 bits per heavy atom. The summed E-state index contributed by atoms with van der Waals surface area (Å²) in [5.74, 6) is -2.03. The van der Waals surface area contributed by atoms with Crippen molar-refractivity contribution in [1.82, 2.24) is 25.3 Å². The van der Waals surface area contributed by atoms with Gasteiger partial charge in [0.15, 0.2) is 4.05 Å². The van der Waals surface area contributed by atoms with Crippen LogP contribution in [-0.4, -0.2) is 53.5 Å². The third-order valence-electron chi connectivity index (χ3n) is 5.93. The Morgan fingerprint density at radius 3 is 2.61 bits per heavy atom. The molecule has 0 radical (unpaired) electrons. The molecule has 15 heteroatoms. The van der Waals surface area contributed by atoms with Gasteiger partial charge in [-0.05, 0) is 6.07 Å². The topological polar surface area (TPSA) is 126 Å². The second-order valence-corrected chi connectivity index (χ2v) is 9.55. The predicted molar refractivity (Wildman–Crippen MR) is 124 cm³/mol. The molecule has 192 valence electrons. The first-order chi connectivity index (χ1) is 17.0. The molecule has 1 saturated heterocycles. The van der Waals surface area contributed by atoms with Gasteiger partial charge >= 0.3 is 6.18 Å². The third kappa shape index (κ3) is 4.90. The summed E-state index contributed by atoms with van der Waals surface area (Å²) in [6.45, 7) is -0.0714. The molecule has 3 heterocycles. The van der Waals surface area contributed by atoms with Crippen LogP contribution in [0.1, 0.15) is 23.9 Å². The van der Waals surface area contributed by atoms with E-state index in [2.05, 4.69) is 21.4 Å². The lowest BCUT2D eigenvalue weighted by molar-refractivity contribution is -0.137. The molecule has 3 aromatic rings. The number of aliphatic hydroxyl groups is 2. The van der Waals surface area contributed by atoms with E-state index >= 15 is 0 Å². The number of halogens is 6. The largest absolute Gasteiger partial charge is 0.413 e. The number of alkyl halides is 4. The van der Waals surface area contributed by atoms with E-state index in [0.717, 1.165) is 28.7 Å². The first-order valence-electron chi connectivity index (χ1n) is 10.4. The summed E-state index contributed by atoms with van der Waals surface area (Å²) in [4.78, 5) is 1.47.